The van der Waals surface area contributed by atoms with Gasteiger partial charge in [0.25, 0.3) is 11.5 Å². The van der Waals surface area contributed by atoms with Crippen LogP contribution in [-0.4, -0.2) is 27.4 Å². The van der Waals surface area contributed by atoms with Crippen LogP contribution in [0.5, 0.6) is 0 Å². The molecule has 1 fully saturated rings. The van der Waals surface area contributed by atoms with E-state index in [2.05, 4.69) is 15.6 Å². The molecule has 0 unspecified atom stereocenters. The van der Waals surface area contributed by atoms with E-state index in [0.29, 0.717) is 16.6 Å². The minimum absolute atomic E-state index is 0.105. The van der Waals surface area contributed by atoms with Crippen LogP contribution in [0.2, 0.25) is 0 Å². The maximum absolute atomic E-state index is 12.8. The molecule has 2 heterocycles. The number of thiophene rings is 1. The fraction of sp³-hybridized carbons (Fsp3) is 0.391. The highest BCUT2D eigenvalue weighted by atomic mass is 32.1. The number of carbonyl (C=O) groups is 2. The Kier molecular flexibility index (Phi) is 6.18. The number of rotatable bonds is 6. The van der Waals surface area contributed by atoms with Crippen molar-refractivity contribution in [1.29, 1.82) is 0 Å². The van der Waals surface area contributed by atoms with Gasteiger partial charge in [-0.05, 0) is 44.4 Å². The van der Waals surface area contributed by atoms with Gasteiger partial charge in [-0.3, -0.25) is 19.0 Å². The molecule has 4 rings (SSSR count). The van der Waals surface area contributed by atoms with Crippen molar-refractivity contribution >= 4 is 39.1 Å². The second-order valence-electron chi connectivity index (χ2n) is 8.01. The van der Waals surface area contributed by atoms with Gasteiger partial charge in [-0.25, -0.2) is 4.98 Å². The molecule has 0 spiro atoms. The number of para-hydroxylation sites is 1. The number of nitrogens with zero attached hydrogens (tertiary/aromatic N) is 2. The predicted octanol–water partition coefficient (Wildman–Crippen LogP) is 3.78. The van der Waals surface area contributed by atoms with Crippen LogP contribution >= 0.6 is 11.3 Å². The molecule has 3 aromatic rings. The highest BCUT2D eigenvalue weighted by Crippen LogP contribution is 2.25. The third-order valence-electron chi connectivity index (χ3n) is 5.87. The number of anilines is 1. The lowest BCUT2D eigenvalue weighted by Crippen LogP contribution is -2.33. The summed E-state index contributed by atoms with van der Waals surface area (Å²) in [6.07, 6.45) is 5.86. The Morgan fingerprint density at radius 3 is 2.71 bits per heavy atom. The van der Waals surface area contributed by atoms with E-state index in [4.69, 9.17) is 0 Å². The van der Waals surface area contributed by atoms with Gasteiger partial charge in [0.15, 0.2) is 0 Å². The quantitative estimate of drug-likeness (QED) is 0.613. The Hall–Kier alpha value is -3.00. The summed E-state index contributed by atoms with van der Waals surface area (Å²) in [7, 11) is 0. The van der Waals surface area contributed by atoms with Gasteiger partial charge < -0.3 is 10.6 Å². The normalized spacial score (nSPS) is 14.1. The molecule has 0 aliphatic heterocycles. The van der Waals surface area contributed by atoms with Crippen LogP contribution in [0.1, 0.15) is 52.9 Å². The predicted molar refractivity (Wildman–Crippen MR) is 123 cm³/mol. The average molecular weight is 439 g/mol. The third kappa shape index (κ3) is 4.54. The van der Waals surface area contributed by atoms with Crippen LogP contribution < -0.4 is 16.2 Å². The van der Waals surface area contributed by atoms with Gasteiger partial charge in [-0.15, -0.1) is 11.3 Å². The summed E-state index contributed by atoms with van der Waals surface area (Å²) in [6, 6.07) is 7.20. The minimum Gasteiger partial charge on any atom is -0.349 e. The fourth-order valence-electron chi connectivity index (χ4n) is 3.99. The lowest BCUT2D eigenvalue weighted by atomic mass is 10.1. The molecule has 2 amide bonds. The molecule has 1 saturated carbocycles. The molecule has 31 heavy (non-hydrogen) atoms. The Balaban J connectivity index is 1.43. The lowest BCUT2D eigenvalue weighted by Gasteiger charge is -2.15. The zero-order chi connectivity index (χ0) is 22.0. The van der Waals surface area contributed by atoms with Gasteiger partial charge >= 0.3 is 0 Å². The first kappa shape index (κ1) is 21.2. The molecule has 7 nitrogen and oxygen atoms in total. The van der Waals surface area contributed by atoms with Crippen molar-refractivity contribution in [2.75, 3.05) is 5.32 Å². The van der Waals surface area contributed by atoms with Crippen LogP contribution in [0.25, 0.3) is 10.2 Å². The van der Waals surface area contributed by atoms with Gasteiger partial charge in [0.2, 0.25) is 5.91 Å². The summed E-state index contributed by atoms with van der Waals surface area (Å²) in [4.78, 5) is 44.2. The maximum atomic E-state index is 12.8. The van der Waals surface area contributed by atoms with Crippen LogP contribution in [-0.2, 0) is 11.3 Å². The fourth-order valence-corrected chi connectivity index (χ4v) is 4.97. The van der Waals surface area contributed by atoms with Crippen LogP contribution in [0.3, 0.4) is 0 Å². The number of carbonyl (C=O) groups excluding carboxylic acids is 2. The Bertz CT molecular complexity index is 1190. The van der Waals surface area contributed by atoms with Crippen molar-refractivity contribution in [2.45, 2.75) is 58.5 Å². The van der Waals surface area contributed by atoms with Crippen LogP contribution in [0.4, 0.5) is 5.69 Å². The number of benzene rings is 1. The van der Waals surface area contributed by atoms with Gasteiger partial charge in [0.05, 0.1) is 23.0 Å². The minimum atomic E-state index is -0.258. The van der Waals surface area contributed by atoms with E-state index in [1.807, 2.05) is 13.8 Å². The molecule has 2 aromatic heterocycles. The summed E-state index contributed by atoms with van der Waals surface area (Å²) in [6.45, 7) is 4.11. The van der Waals surface area contributed by atoms with E-state index in [0.717, 1.165) is 41.0 Å². The molecular formula is C23H26N4O3S. The Morgan fingerprint density at radius 2 is 1.94 bits per heavy atom. The number of aryl methyl sites for hydroxylation is 3. The van der Waals surface area contributed by atoms with E-state index in [1.54, 1.807) is 24.3 Å². The standard InChI is InChI=1S/C23H26N4O3S/c1-14-15(2)31-22-20(14)23(30)27(13-24-22)12-11-19(28)26-18-10-6-5-9-17(18)21(29)25-16-7-3-4-8-16/h5-6,9-10,13,16H,3-4,7-8,11-12H2,1-2H3,(H,25,29)(H,26,28). The average Bonchev–Trinajstić information content (AvgIpc) is 3.36. The van der Waals surface area contributed by atoms with Crippen molar-refractivity contribution in [2.24, 2.45) is 0 Å². The topological polar surface area (TPSA) is 93.1 Å². The number of aromatic nitrogens is 2. The van der Waals surface area contributed by atoms with Gasteiger partial charge in [-0.2, -0.15) is 0 Å². The van der Waals surface area contributed by atoms with Gasteiger partial charge in [0, 0.05) is 23.9 Å². The molecule has 8 heteroatoms. The van der Waals surface area contributed by atoms with Crippen LogP contribution in [0.15, 0.2) is 35.4 Å². The molecule has 1 aliphatic carbocycles. The number of fused-ring (bicyclic) bond motifs is 1. The van der Waals surface area contributed by atoms with Crippen molar-refractivity contribution in [3.63, 3.8) is 0 Å². The SMILES string of the molecule is Cc1sc2ncn(CCC(=O)Nc3ccccc3C(=O)NC3CCCC3)c(=O)c2c1C. The zero-order valence-corrected chi connectivity index (χ0v) is 18.6. The second kappa shape index (κ2) is 9.01. The van der Waals surface area contributed by atoms with E-state index >= 15 is 0 Å². The Morgan fingerprint density at radius 1 is 1.19 bits per heavy atom. The zero-order valence-electron chi connectivity index (χ0n) is 17.7. The summed E-state index contributed by atoms with van der Waals surface area (Å²) in [5.41, 5.74) is 1.75. The Labute approximate surface area is 184 Å². The molecular weight excluding hydrogens is 412 g/mol. The highest BCUT2D eigenvalue weighted by molar-refractivity contribution is 7.18. The van der Waals surface area contributed by atoms with Crippen molar-refractivity contribution in [1.82, 2.24) is 14.9 Å². The number of hydrogen-bond acceptors (Lipinski definition) is 5. The smallest absolute Gasteiger partial charge is 0.262 e. The largest absolute Gasteiger partial charge is 0.349 e. The maximum Gasteiger partial charge on any atom is 0.262 e. The molecule has 162 valence electrons. The molecule has 1 aromatic carbocycles. The van der Waals surface area contributed by atoms with Crippen molar-refractivity contribution in [3.05, 3.63) is 57.0 Å². The molecule has 1 aliphatic rings. The first-order valence-electron chi connectivity index (χ1n) is 10.6. The van der Waals surface area contributed by atoms with Gasteiger partial charge in [-0.1, -0.05) is 25.0 Å². The number of amides is 2. The monoisotopic (exact) mass is 438 g/mol. The lowest BCUT2D eigenvalue weighted by molar-refractivity contribution is -0.116. The van der Waals surface area contributed by atoms with E-state index < -0.39 is 0 Å². The molecule has 0 saturated heterocycles. The van der Waals surface area contributed by atoms with Gasteiger partial charge in [0.1, 0.15) is 4.83 Å². The second-order valence-corrected chi connectivity index (χ2v) is 9.21. The molecule has 2 N–H and O–H groups in total. The molecule has 0 radical (unpaired) electrons. The summed E-state index contributed by atoms with van der Waals surface area (Å²) >= 11 is 1.50. The summed E-state index contributed by atoms with van der Waals surface area (Å²) in [5.74, 6) is -0.427. The van der Waals surface area contributed by atoms with Crippen LogP contribution in [0, 0.1) is 13.8 Å². The number of nitrogens with one attached hydrogen (secondary N) is 2. The molecule has 0 bridgehead atoms. The van der Waals surface area contributed by atoms with Crippen molar-refractivity contribution < 1.29 is 9.59 Å². The highest BCUT2D eigenvalue weighted by Gasteiger charge is 2.20. The van der Waals surface area contributed by atoms with E-state index in [1.165, 1.54) is 22.2 Å². The van der Waals surface area contributed by atoms with Crippen molar-refractivity contribution in [3.8, 4) is 0 Å². The first-order valence-corrected chi connectivity index (χ1v) is 11.4. The molecule has 0 atom stereocenters. The summed E-state index contributed by atoms with van der Waals surface area (Å²) in [5, 5.41) is 6.51. The first-order chi connectivity index (χ1) is 14.9. The van der Waals surface area contributed by atoms with E-state index in [9.17, 15) is 14.4 Å². The van der Waals surface area contributed by atoms with E-state index in [-0.39, 0.29) is 36.4 Å². The number of hydrogen-bond donors (Lipinski definition) is 2. The summed E-state index contributed by atoms with van der Waals surface area (Å²) < 4.78 is 1.47. The third-order valence-corrected chi connectivity index (χ3v) is 6.99.